The number of carbonyl (C=O) groups is 2. The molecule has 2 unspecified atom stereocenters. The van der Waals surface area contributed by atoms with E-state index >= 15 is 0 Å². The molecule has 0 radical (unpaired) electrons. The summed E-state index contributed by atoms with van der Waals surface area (Å²) in [6.07, 6.45) is -2.22. The van der Waals surface area contributed by atoms with Crippen molar-refractivity contribution >= 4 is 55.0 Å². The fourth-order valence-electron chi connectivity index (χ4n) is 9.88. The molecule has 71 heavy (non-hydrogen) atoms. The first-order chi connectivity index (χ1) is 34.6. The van der Waals surface area contributed by atoms with Gasteiger partial charge in [-0.25, -0.2) is 9.59 Å². The predicted octanol–water partition coefficient (Wildman–Crippen LogP) is 11.3. The molecular weight excluding hydrogens is 893 g/mol. The number of ether oxygens (including phenoxy) is 4. The second-order valence-electron chi connectivity index (χ2n) is 17.8. The Morgan fingerprint density at radius 1 is 0.394 bits per heavy atom. The number of benzene rings is 10. The molecular formula is C61H46O10. The van der Waals surface area contributed by atoms with E-state index in [1.807, 2.05) is 84.9 Å². The highest BCUT2D eigenvalue weighted by Crippen LogP contribution is 2.56. The van der Waals surface area contributed by atoms with Gasteiger partial charge in [0.2, 0.25) is 0 Å². The quantitative estimate of drug-likeness (QED) is 0.0775. The van der Waals surface area contributed by atoms with Crippen molar-refractivity contribution in [1.29, 1.82) is 0 Å². The van der Waals surface area contributed by atoms with Gasteiger partial charge in [-0.2, -0.15) is 0 Å². The summed E-state index contributed by atoms with van der Waals surface area (Å²) < 4.78 is 22.7. The Hall–Kier alpha value is -8.70. The monoisotopic (exact) mass is 938 g/mol. The number of aliphatic hydroxyl groups excluding tert-OH is 2. The third-order valence-corrected chi connectivity index (χ3v) is 13.3. The average molecular weight is 939 g/mol. The van der Waals surface area contributed by atoms with Crippen LogP contribution in [0.2, 0.25) is 0 Å². The standard InChI is InChI=1S/C61H46O10/c62-47(35-70-59(66)53-29-37-9-1-3-11-39(37)31-57(53)64)33-68-49-23-19-41-25-45(21-17-43(41)27-49)61(55-15-7-5-13-51(55)52-14-6-8-16-56(52)61)46-22-18-44-28-50(24-20-42(44)26-46)69-34-48(63)36-71-60(67)54-30-38-10-2-4-12-40(38)32-58(54)65/h1-32,47-48,62-65H,33-36H2. The molecule has 0 fully saturated rings. The first-order valence-corrected chi connectivity index (χ1v) is 23.3. The van der Waals surface area contributed by atoms with Crippen LogP contribution in [0.15, 0.2) is 194 Å². The number of aromatic hydroxyl groups is 2. The lowest BCUT2D eigenvalue weighted by Crippen LogP contribution is -2.28. The largest absolute Gasteiger partial charge is 0.507 e. The van der Waals surface area contributed by atoms with Gasteiger partial charge < -0.3 is 39.4 Å². The van der Waals surface area contributed by atoms with Crippen LogP contribution in [0.1, 0.15) is 43.0 Å². The van der Waals surface area contributed by atoms with Crippen LogP contribution >= 0.6 is 0 Å². The topological polar surface area (TPSA) is 152 Å². The Balaban J connectivity index is 0.807. The fourth-order valence-corrected chi connectivity index (χ4v) is 9.88. The number of esters is 2. The maximum Gasteiger partial charge on any atom is 0.342 e. The maximum atomic E-state index is 12.8. The third kappa shape index (κ3) is 8.49. The van der Waals surface area contributed by atoms with Gasteiger partial charge in [0.25, 0.3) is 0 Å². The van der Waals surface area contributed by atoms with E-state index in [2.05, 4.69) is 84.9 Å². The minimum Gasteiger partial charge on any atom is -0.507 e. The van der Waals surface area contributed by atoms with Crippen LogP contribution in [0.5, 0.6) is 23.0 Å². The van der Waals surface area contributed by atoms with Crippen molar-refractivity contribution in [2.75, 3.05) is 26.4 Å². The predicted molar refractivity (Wildman–Crippen MR) is 274 cm³/mol. The summed E-state index contributed by atoms with van der Waals surface area (Å²) in [6, 6.07) is 62.5. The van der Waals surface area contributed by atoms with Gasteiger partial charge in [-0.05, 0) is 137 Å². The van der Waals surface area contributed by atoms with Crippen molar-refractivity contribution in [2.45, 2.75) is 17.6 Å². The van der Waals surface area contributed by atoms with Gasteiger partial charge in [0.05, 0.1) is 5.41 Å². The Bertz CT molecular complexity index is 3450. The lowest BCUT2D eigenvalue weighted by Gasteiger charge is -2.34. The molecule has 0 saturated heterocycles. The zero-order valence-corrected chi connectivity index (χ0v) is 38.2. The molecule has 1 aliphatic rings. The Morgan fingerprint density at radius 3 is 1.18 bits per heavy atom. The molecule has 4 N–H and O–H groups in total. The number of hydrogen-bond acceptors (Lipinski definition) is 10. The van der Waals surface area contributed by atoms with E-state index in [4.69, 9.17) is 18.9 Å². The van der Waals surface area contributed by atoms with Gasteiger partial charge in [0, 0.05) is 0 Å². The second-order valence-corrected chi connectivity index (χ2v) is 17.8. The molecule has 10 nitrogen and oxygen atoms in total. The van der Waals surface area contributed by atoms with Crippen molar-refractivity contribution in [3.05, 3.63) is 228 Å². The fraction of sp³-hybridized carbons (Fsp3) is 0.115. The van der Waals surface area contributed by atoms with E-state index in [0.29, 0.717) is 11.5 Å². The van der Waals surface area contributed by atoms with Crippen molar-refractivity contribution < 1.29 is 49.0 Å². The van der Waals surface area contributed by atoms with Gasteiger partial charge in [-0.3, -0.25) is 0 Å². The van der Waals surface area contributed by atoms with Crippen LogP contribution in [0.3, 0.4) is 0 Å². The van der Waals surface area contributed by atoms with Crippen LogP contribution < -0.4 is 9.47 Å². The van der Waals surface area contributed by atoms with Gasteiger partial charge >= 0.3 is 11.9 Å². The molecule has 0 spiro atoms. The second kappa shape index (κ2) is 18.7. The maximum absolute atomic E-state index is 12.8. The van der Waals surface area contributed by atoms with Gasteiger partial charge in [0.1, 0.15) is 72.8 Å². The lowest BCUT2D eigenvalue weighted by atomic mass is 9.67. The summed E-state index contributed by atoms with van der Waals surface area (Å²) in [5.41, 5.74) is 6.16. The lowest BCUT2D eigenvalue weighted by molar-refractivity contribution is 0.0125. The first kappa shape index (κ1) is 44.8. The summed E-state index contributed by atoms with van der Waals surface area (Å²) in [5, 5.41) is 49.4. The molecule has 11 rings (SSSR count). The number of phenols is 2. The van der Waals surface area contributed by atoms with Crippen molar-refractivity contribution in [1.82, 2.24) is 0 Å². The smallest absolute Gasteiger partial charge is 0.342 e. The number of rotatable bonds is 14. The SMILES string of the molecule is O=C(OCC(O)COc1ccc2cc(C3(c4ccc5cc(OCC(O)COC(=O)c6cc7ccccc7cc6O)ccc5c4)c4ccccc4-c4ccccc43)ccc2c1)c1cc2ccccc2cc1O. The molecule has 1 aliphatic carbocycles. The summed E-state index contributed by atoms with van der Waals surface area (Å²) in [6.45, 7) is -0.871. The highest BCUT2D eigenvalue weighted by molar-refractivity contribution is 6.00. The molecule has 0 aliphatic heterocycles. The Morgan fingerprint density at radius 2 is 0.746 bits per heavy atom. The summed E-state index contributed by atoms with van der Waals surface area (Å²) >= 11 is 0. The highest BCUT2D eigenvalue weighted by Gasteiger charge is 2.46. The van der Waals surface area contributed by atoms with Crippen LogP contribution in [0.25, 0.3) is 54.2 Å². The highest BCUT2D eigenvalue weighted by atomic mass is 16.6. The Kier molecular flexibility index (Phi) is 11.8. The molecule has 0 amide bonds. The van der Waals surface area contributed by atoms with Crippen molar-refractivity contribution in [3.8, 4) is 34.1 Å². The number of phenolic OH excluding ortho intramolecular Hbond substituents is 2. The molecule has 350 valence electrons. The van der Waals surface area contributed by atoms with Crippen LogP contribution in [0, 0.1) is 0 Å². The molecule has 0 aromatic heterocycles. The van der Waals surface area contributed by atoms with E-state index < -0.39 is 29.6 Å². The number of aliphatic hydroxyl groups is 2. The first-order valence-electron chi connectivity index (χ1n) is 23.3. The number of hydrogen-bond donors (Lipinski definition) is 4. The third-order valence-electron chi connectivity index (χ3n) is 13.3. The Labute approximate surface area is 408 Å². The summed E-state index contributed by atoms with van der Waals surface area (Å²) in [7, 11) is 0. The van der Waals surface area contributed by atoms with E-state index in [0.717, 1.165) is 76.5 Å². The van der Waals surface area contributed by atoms with E-state index in [9.17, 15) is 30.0 Å². The van der Waals surface area contributed by atoms with E-state index in [-0.39, 0.29) is 49.1 Å². The van der Waals surface area contributed by atoms with Gasteiger partial charge in [-0.1, -0.05) is 133 Å². The molecule has 0 heterocycles. The molecule has 10 heteroatoms. The average Bonchev–Trinajstić information content (AvgIpc) is 3.71. The molecule has 2 atom stereocenters. The minimum atomic E-state index is -1.11. The van der Waals surface area contributed by atoms with Crippen LogP contribution in [-0.2, 0) is 14.9 Å². The van der Waals surface area contributed by atoms with Gasteiger partial charge in [-0.15, -0.1) is 0 Å². The van der Waals surface area contributed by atoms with Crippen molar-refractivity contribution in [2.24, 2.45) is 0 Å². The summed E-state index contributed by atoms with van der Waals surface area (Å²) in [5.74, 6) is -0.778. The van der Waals surface area contributed by atoms with Crippen LogP contribution in [0.4, 0.5) is 0 Å². The van der Waals surface area contributed by atoms with E-state index in [1.165, 1.54) is 12.1 Å². The molecule has 0 saturated carbocycles. The number of fused-ring (bicyclic) bond motifs is 7. The molecule has 0 bridgehead atoms. The normalized spacial score (nSPS) is 13.4. The van der Waals surface area contributed by atoms with Gasteiger partial charge in [0.15, 0.2) is 0 Å². The minimum absolute atomic E-state index is 0.0216. The van der Waals surface area contributed by atoms with E-state index in [1.54, 1.807) is 12.1 Å². The van der Waals surface area contributed by atoms with Crippen molar-refractivity contribution in [3.63, 3.8) is 0 Å². The summed E-state index contributed by atoms with van der Waals surface area (Å²) in [4.78, 5) is 25.7. The zero-order chi connectivity index (χ0) is 48.6. The molecule has 10 aromatic carbocycles. The van der Waals surface area contributed by atoms with Crippen LogP contribution in [-0.4, -0.2) is 71.0 Å². The molecule has 10 aromatic rings. The zero-order valence-electron chi connectivity index (χ0n) is 38.2. The number of carbonyl (C=O) groups excluding carboxylic acids is 2.